The average molecular weight is 480 g/mol. The number of para-hydroxylation sites is 1. The van der Waals surface area contributed by atoms with Crippen LogP contribution >= 0.6 is 0 Å². The zero-order chi connectivity index (χ0) is 24.3. The first-order chi connectivity index (χ1) is 16.3. The molecule has 0 spiro atoms. The molecule has 0 atom stereocenters. The summed E-state index contributed by atoms with van der Waals surface area (Å²) in [6, 6.07) is 14.8. The van der Waals surface area contributed by atoms with E-state index in [0.717, 1.165) is 0 Å². The third-order valence-electron chi connectivity index (χ3n) is 6.12. The van der Waals surface area contributed by atoms with Gasteiger partial charge >= 0.3 is 0 Å². The Bertz CT molecular complexity index is 1400. The first kappa shape index (κ1) is 23.6. The maximum atomic E-state index is 13.2. The van der Waals surface area contributed by atoms with Crippen molar-refractivity contribution in [2.24, 2.45) is 5.92 Å². The Morgan fingerprint density at radius 2 is 1.85 bits per heavy atom. The van der Waals surface area contributed by atoms with Crippen molar-refractivity contribution in [3.05, 3.63) is 70.3 Å². The van der Waals surface area contributed by atoms with Crippen LogP contribution in [0.25, 0.3) is 10.9 Å². The molecule has 2 aromatic carbocycles. The van der Waals surface area contributed by atoms with E-state index in [1.54, 1.807) is 29.2 Å². The molecule has 2 heterocycles. The molecule has 3 aromatic rings. The zero-order valence-electron chi connectivity index (χ0n) is 18.8. The van der Waals surface area contributed by atoms with E-state index in [2.05, 4.69) is 9.97 Å². The number of nitriles is 1. The lowest BCUT2D eigenvalue weighted by atomic mass is 9.96. The third kappa shape index (κ3) is 4.71. The largest absolute Gasteiger partial charge is 0.335 e. The number of sulfonamides is 1. The number of hydrogen-bond donors (Lipinski definition) is 1. The fraction of sp³-hybridized carbons (Fsp3) is 0.333. The van der Waals surface area contributed by atoms with Crippen LogP contribution in [0.2, 0.25) is 0 Å². The van der Waals surface area contributed by atoms with Crippen molar-refractivity contribution in [2.45, 2.75) is 31.2 Å². The van der Waals surface area contributed by atoms with Gasteiger partial charge in [-0.15, -0.1) is 0 Å². The Morgan fingerprint density at radius 1 is 1.18 bits per heavy atom. The molecule has 1 fully saturated rings. The average Bonchev–Trinajstić information content (AvgIpc) is 2.87. The normalized spacial score (nSPS) is 15.2. The van der Waals surface area contributed by atoms with Crippen LogP contribution in [0, 0.1) is 17.2 Å². The standard InChI is InChI=1S/C24H25N5O4S/c1-2-28(16-22-26-21-6-4-3-5-20(21)23(30)27-22)24(31)18-11-13-29(14-12-18)34(32,33)19-9-7-17(15-25)8-10-19/h3-10,18H,2,11-14,16H2,1H3,(H,26,27,30). The fourth-order valence-electron chi connectivity index (χ4n) is 4.19. The first-order valence-electron chi connectivity index (χ1n) is 11.1. The van der Waals surface area contributed by atoms with Crippen molar-refractivity contribution in [3.8, 4) is 6.07 Å². The maximum Gasteiger partial charge on any atom is 0.258 e. The van der Waals surface area contributed by atoms with Gasteiger partial charge in [-0.05, 0) is 56.2 Å². The van der Waals surface area contributed by atoms with E-state index in [0.29, 0.717) is 41.7 Å². The van der Waals surface area contributed by atoms with Crippen molar-refractivity contribution in [2.75, 3.05) is 19.6 Å². The highest BCUT2D eigenvalue weighted by Gasteiger charge is 2.33. The topological polar surface area (TPSA) is 127 Å². The molecule has 1 saturated heterocycles. The van der Waals surface area contributed by atoms with Crippen LogP contribution in [-0.4, -0.2) is 53.1 Å². The number of nitrogens with one attached hydrogen (secondary N) is 1. The molecule has 0 bridgehead atoms. The Hall–Kier alpha value is -3.55. The molecule has 0 radical (unpaired) electrons. The molecule has 1 N–H and O–H groups in total. The summed E-state index contributed by atoms with van der Waals surface area (Å²) in [5.41, 5.74) is 0.724. The second-order valence-corrected chi connectivity index (χ2v) is 10.1. The Kier molecular flexibility index (Phi) is 6.77. The monoisotopic (exact) mass is 479 g/mol. The maximum absolute atomic E-state index is 13.2. The van der Waals surface area contributed by atoms with Crippen molar-refractivity contribution < 1.29 is 13.2 Å². The summed E-state index contributed by atoms with van der Waals surface area (Å²) in [6.07, 6.45) is 0.818. The molecule has 0 aliphatic carbocycles. The van der Waals surface area contributed by atoms with E-state index >= 15 is 0 Å². The van der Waals surface area contributed by atoms with E-state index in [4.69, 9.17) is 5.26 Å². The molecule has 1 amide bonds. The molecule has 9 nitrogen and oxygen atoms in total. The molecule has 1 aliphatic heterocycles. The summed E-state index contributed by atoms with van der Waals surface area (Å²) >= 11 is 0. The Balaban J connectivity index is 1.42. The highest BCUT2D eigenvalue weighted by Crippen LogP contribution is 2.25. The molecular formula is C24H25N5O4S. The van der Waals surface area contributed by atoms with Gasteiger partial charge in [0.1, 0.15) is 5.82 Å². The van der Waals surface area contributed by atoms with E-state index in [1.807, 2.05) is 13.0 Å². The van der Waals surface area contributed by atoms with Gasteiger partial charge < -0.3 is 9.88 Å². The predicted octanol–water partition coefficient (Wildman–Crippen LogP) is 2.24. The second kappa shape index (κ2) is 9.75. The lowest BCUT2D eigenvalue weighted by Crippen LogP contribution is -2.44. The summed E-state index contributed by atoms with van der Waals surface area (Å²) in [7, 11) is -3.69. The van der Waals surface area contributed by atoms with Crippen molar-refractivity contribution in [3.63, 3.8) is 0 Å². The van der Waals surface area contributed by atoms with Crippen LogP contribution in [-0.2, 0) is 21.4 Å². The number of aromatic nitrogens is 2. The minimum Gasteiger partial charge on any atom is -0.335 e. The van der Waals surface area contributed by atoms with Gasteiger partial charge in [0.15, 0.2) is 0 Å². The SMILES string of the molecule is CCN(Cc1nc2ccccc2c(=O)[nH]1)C(=O)C1CCN(S(=O)(=O)c2ccc(C#N)cc2)CC1. The highest BCUT2D eigenvalue weighted by atomic mass is 32.2. The minimum atomic E-state index is -3.69. The molecule has 10 heteroatoms. The number of piperidine rings is 1. The van der Waals surface area contributed by atoms with Crippen LogP contribution < -0.4 is 5.56 Å². The molecule has 1 aromatic heterocycles. The van der Waals surface area contributed by atoms with Crippen molar-refractivity contribution in [1.82, 2.24) is 19.2 Å². The lowest BCUT2D eigenvalue weighted by Gasteiger charge is -2.33. The van der Waals surface area contributed by atoms with Crippen LogP contribution in [0.1, 0.15) is 31.2 Å². The number of rotatable bonds is 6. The fourth-order valence-corrected chi connectivity index (χ4v) is 5.66. The van der Waals surface area contributed by atoms with Gasteiger partial charge in [0.25, 0.3) is 5.56 Å². The van der Waals surface area contributed by atoms with Gasteiger partial charge in [-0.1, -0.05) is 12.1 Å². The van der Waals surface area contributed by atoms with Crippen molar-refractivity contribution in [1.29, 1.82) is 5.26 Å². The first-order valence-corrected chi connectivity index (χ1v) is 12.5. The summed E-state index contributed by atoms with van der Waals surface area (Å²) in [5.74, 6) is 0.0352. The highest BCUT2D eigenvalue weighted by molar-refractivity contribution is 7.89. The quantitative estimate of drug-likeness (QED) is 0.578. The molecule has 1 aliphatic rings. The number of amides is 1. The second-order valence-electron chi connectivity index (χ2n) is 8.20. The van der Waals surface area contributed by atoms with E-state index in [-0.39, 0.29) is 41.9 Å². The zero-order valence-corrected chi connectivity index (χ0v) is 19.6. The van der Waals surface area contributed by atoms with Gasteiger partial charge in [-0.2, -0.15) is 9.57 Å². The van der Waals surface area contributed by atoms with E-state index < -0.39 is 10.0 Å². The number of nitrogens with zero attached hydrogens (tertiary/aromatic N) is 4. The molecule has 34 heavy (non-hydrogen) atoms. The number of fused-ring (bicyclic) bond motifs is 1. The molecular weight excluding hydrogens is 454 g/mol. The predicted molar refractivity (Wildman–Crippen MR) is 126 cm³/mol. The van der Waals surface area contributed by atoms with Gasteiger partial charge in [-0.3, -0.25) is 9.59 Å². The van der Waals surface area contributed by atoms with Gasteiger partial charge in [-0.25, -0.2) is 13.4 Å². The summed E-state index contributed by atoms with van der Waals surface area (Å²) < 4.78 is 27.3. The summed E-state index contributed by atoms with van der Waals surface area (Å²) in [6.45, 7) is 2.96. The Morgan fingerprint density at radius 3 is 2.50 bits per heavy atom. The summed E-state index contributed by atoms with van der Waals surface area (Å²) in [5, 5.41) is 9.41. The number of carbonyl (C=O) groups is 1. The van der Waals surface area contributed by atoms with Gasteiger partial charge in [0, 0.05) is 25.6 Å². The van der Waals surface area contributed by atoms with Crippen LogP contribution in [0.3, 0.4) is 0 Å². The molecule has 0 saturated carbocycles. The summed E-state index contributed by atoms with van der Waals surface area (Å²) in [4.78, 5) is 34.6. The number of aromatic amines is 1. The van der Waals surface area contributed by atoms with E-state index in [9.17, 15) is 18.0 Å². The van der Waals surface area contributed by atoms with Gasteiger partial charge in [0.2, 0.25) is 15.9 Å². The van der Waals surface area contributed by atoms with Crippen LogP contribution in [0.15, 0.2) is 58.2 Å². The van der Waals surface area contributed by atoms with Gasteiger partial charge in [0.05, 0.1) is 34.0 Å². The molecule has 176 valence electrons. The molecule has 4 rings (SSSR count). The van der Waals surface area contributed by atoms with Crippen molar-refractivity contribution >= 4 is 26.8 Å². The smallest absolute Gasteiger partial charge is 0.258 e. The molecule has 0 unspecified atom stereocenters. The van der Waals surface area contributed by atoms with Crippen LogP contribution in [0.4, 0.5) is 0 Å². The Labute approximate surface area is 197 Å². The number of benzene rings is 2. The van der Waals surface area contributed by atoms with E-state index in [1.165, 1.54) is 28.6 Å². The minimum absolute atomic E-state index is 0.0753. The number of H-pyrrole nitrogens is 1. The third-order valence-corrected chi connectivity index (χ3v) is 8.03. The number of hydrogen-bond acceptors (Lipinski definition) is 6. The lowest BCUT2D eigenvalue weighted by molar-refractivity contribution is -0.137. The van der Waals surface area contributed by atoms with Crippen LogP contribution in [0.5, 0.6) is 0 Å². The number of carbonyl (C=O) groups excluding carboxylic acids is 1.